The first-order chi connectivity index (χ1) is 46.7. The van der Waals surface area contributed by atoms with Crippen molar-refractivity contribution in [3.05, 3.63) is 36.5 Å². The highest BCUT2D eigenvalue weighted by atomic mass is 16.5. The second kappa shape index (κ2) is 61.1. The minimum Gasteiger partial charge on any atom is -0.462 e. The monoisotopic (exact) mass is 1480 g/mol. The van der Waals surface area contributed by atoms with Gasteiger partial charge >= 0.3 is 17.9 Å². The Morgan fingerprint density at radius 3 is 0.457 bits per heavy atom. The third-order valence-corrected chi connectivity index (χ3v) is 27.5. The molecule has 0 bridgehead atoms. The molecule has 9 saturated carbocycles. The molecule has 9 heteroatoms. The zero-order valence-corrected chi connectivity index (χ0v) is 62.6. The van der Waals surface area contributed by atoms with Crippen LogP contribution in [0.4, 0.5) is 0 Å². The molecule has 0 unspecified atom stereocenters. The van der Waals surface area contributed by atoms with Crippen molar-refractivity contribution in [2.75, 3.05) is 39.6 Å². The Hall–Kier alpha value is -2.49. The predicted molar refractivity (Wildman–Crippen MR) is 457 cm³/mol. The highest BCUT2D eigenvalue weighted by Gasteiger charge is 2.34. The maximum atomic E-state index is 11.6. The van der Waals surface area contributed by atoms with Crippen molar-refractivity contribution in [3.63, 3.8) is 0 Å². The first-order valence-corrected chi connectivity index (χ1v) is 42.1. The summed E-state index contributed by atoms with van der Waals surface area (Å²) in [6.45, 7) is 18.0. The minimum atomic E-state index is -0.449. The fourth-order valence-corrected chi connectivity index (χ4v) is 21.2. The van der Waals surface area contributed by atoms with Gasteiger partial charge in [0, 0.05) is 0 Å². The maximum absolute atomic E-state index is 11.6. The van der Waals surface area contributed by atoms with Crippen molar-refractivity contribution in [1.82, 2.24) is 0 Å². The lowest BCUT2D eigenvalue weighted by molar-refractivity contribution is -0.140. The van der Waals surface area contributed by atoms with Crippen molar-refractivity contribution in [2.24, 2.45) is 107 Å². The van der Waals surface area contributed by atoms with Gasteiger partial charge in [0.15, 0.2) is 0 Å². The second-order valence-electron chi connectivity index (χ2n) is 34.8. The van der Waals surface area contributed by atoms with Crippen molar-refractivity contribution in [2.45, 2.75) is 415 Å². The van der Waals surface area contributed by atoms with Crippen molar-refractivity contribution in [3.8, 4) is 0 Å². The van der Waals surface area contributed by atoms with E-state index in [1.807, 2.05) is 0 Å². The van der Waals surface area contributed by atoms with Gasteiger partial charge in [-0.3, -0.25) is 0 Å². The van der Waals surface area contributed by atoms with Crippen LogP contribution in [0.5, 0.6) is 0 Å². The molecule has 9 aliphatic rings. The van der Waals surface area contributed by atoms with Crippen LogP contribution in [0, 0.1) is 107 Å². The Balaban J connectivity index is -0.00000146. The Morgan fingerprint density at radius 1 is 0.229 bits per heavy atom. The molecular weight excluding hydrogens is 1300 g/mol. The molecular formula is C96H186O9. The molecule has 9 rings (SSSR count). The molecule has 9 aliphatic carbocycles. The van der Waals surface area contributed by atoms with E-state index < -0.39 is 17.9 Å². The van der Waals surface area contributed by atoms with Crippen LogP contribution < -0.4 is 0 Å². The van der Waals surface area contributed by atoms with Crippen molar-refractivity contribution in [1.29, 1.82) is 0 Å². The van der Waals surface area contributed by atoms with Gasteiger partial charge in [0.25, 0.3) is 0 Å². The number of aliphatic hydroxyl groups excluding tert-OH is 3. The van der Waals surface area contributed by atoms with Crippen LogP contribution in [0.1, 0.15) is 415 Å². The lowest BCUT2D eigenvalue weighted by Gasteiger charge is -2.37. The number of aliphatic hydroxyl groups is 3. The Bertz CT molecular complexity index is 2120. The zero-order valence-electron chi connectivity index (χ0n) is 62.6. The van der Waals surface area contributed by atoms with Crippen LogP contribution >= 0.6 is 0 Å². The Labute approximate surface area is 656 Å². The van der Waals surface area contributed by atoms with Crippen molar-refractivity contribution >= 4 is 17.9 Å². The van der Waals surface area contributed by atoms with Gasteiger partial charge < -0.3 is 29.5 Å². The third kappa shape index (κ3) is 41.0. The third-order valence-electron chi connectivity index (χ3n) is 27.5. The molecule has 624 valence electrons. The number of ether oxygens (including phenoxy) is 3. The largest absolute Gasteiger partial charge is 0.462 e. The molecule has 0 aromatic heterocycles. The molecule has 0 aromatic carbocycles. The minimum absolute atomic E-state index is 0. The molecule has 0 saturated heterocycles. The van der Waals surface area contributed by atoms with Crippen LogP contribution in [0.15, 0.2) is 36.5 Å². The van der Waals surface area contributed by atoms with E-state index >= 15 is 0 Å². The summed E-state index contributed by atoms with van der Waals surface area (Å²) in [4.78, 5) is 34.7. The first kappa shape index (κ1) is 107. The number of esters is 3. The molecule has 0 aromatic rings. The van der Waals surface area contributed by atoms with Gasteiger partial charge in [-0.15, -0.1) is 0 Å². The van der Waals surface area contributed by atoms with E-state index in [4.69, 9.17) is 29.5 Å². The number of hydrogen-bond donors (Lipinski definition) is 3. The van der Waals surface area contributed by atoms with E-state index in [2.05, 4.69) is 40.5 Å². The lowest BCUT2D eigenvalue weighted by Crippen LogP contribution is -2.24. The summed E-state index contributed by atoms with van der Waals surface area (Å²) in [5.74, 6) is 15.9. The number of carbonyl (C=O) groups excluding carboxylic acids is 3. The molecule has 0 aliphatic heterocycles. The standard InChI is InChI=1S/C36H62O3.C29H50O3.C22H38O3.9CH4/c1-3-4-28-5-9-30(10-6-28)23-32-13-17-34(18-14-32)25-35-19-15-33(16-20-35)24-31-11-7-29(8-12-31)21-22-39-36(38)27(2)26-37;1-3-4-23-5-9-25(10-6-23)19-27-13-15-28(16-14-27)20-26-11-7-24(8-12-26)17-18-32-29(31)22(2)21-30;1-3-4-18-5-9-20(10-6-18)15-21-11-7-19(8-12-21)13-14-25-22(24)17(2)16-23;;;;;;;;;/h28-35,37H,2-26H2,1H3;23-28,30H,2-21H2,1H3;18-21,23H,2-16H2,1H3;9*1H4. The summed E-state index contributed by atoms with van der Waals surface area (Å²) in [6, 6.07) is 0. The molecule has 0 amide bonds. The second-order valence-corrected chi connectivity index (χ2v) is 34.8. The van der Waals surface area contributed by atoms with Gasteiger partial charge in [0.1, 0.15) is 0 Å². The quantitative estimate of drug-likeness (QED) is 0.0333. The predicted octanol–water partition coefficient (Wildman–Crippen LogP) is 28.1. The normalized spacial score (nSPS) is 30.7. The molecule has 3 N–H and O–H groups in total. The van der Waals surface area contributed by atoms with Gasteiger partial charge in [-0.25, -0.2) is 14.4 Å². The lowest BCUT2D eigenvalue weighted by atomic mass is 9.69. The van der Waals surface area contributed by atoms with Gasteiger partial charge in [0.05, 0.1) is 56.4 Å². The topological polar surface area (TPSA) is 140 Å². The summed E-state index contributed by atoms with van der Waals surface area (Å²) in [5, 5.41) is 26.8. The smallest absolute Gasteiger partial charge is 0.335 e. The number of rotatable bonds is 33. The highest BCUT2D eigenvalue weighted by molar-refractivity contribution is 5.88. The summed E-state index contributed by atoms with van der Waals surface area (Å²) in [5.41, 5.74) is 0.464. The van der Waals surface area contributed by atoms with E-state index in [-0.39, 0.29) is 103 Å². The summed E-state index contributed by atoms with van der Waals surface area (Å²) in [7, 11) is 0. The zero-order chi connectivity index (χ0) is 68.3. The van der Waals surface area contributed by atoms with Crippen LogP contribution in [0.2, 0.25) is 0 Å². The van der Waals surface area contributed by atoms with Gasteiger partial charge in [-0.05, 0) is 164 Å². The fourth-order valence-electron chi connectivity index (χ4n) is 21.2. The van der Waals surface area contributed by atoms with Crippen molar-refractivity contribution < 1.29 is 43.9 Å². The van der Waals surface area contributed by atoms with E-state index in [9.17, 15) is 14.4 Å². The Morgan fingerprint density at radius 2 is 0.343 bits per heavy atom. The molecule has 105 heavy (non-hydrogen) atoms. The number of carbonyl (C=O) groups is 3. The first-order valence-electron chi connectivity index (χ1n) is 42.1. The maximum Gasteiger partial charge on any atom is 0.335 e. The molecule has 0 radical (unpaired) electrons. The summed E-state index contributed by atoms with van der Waals surface area (Å²) >= 11 is 0. The molecule has 0 atom stereocenters. The van der Waals surface area contributed by atoms with Crippen LogP contribution in [0.25, 0.3) is 0 Å². The SMILES string of the molecule is C.C.C.C.C.C.C.C.C.C=C(CO)C(=O)OCCC1CCC(CC2CCC(CC3CCC(CC4CCC(CCC)CC4)CC3)CC2)CC1.C=C(CO)C(=O)OCCC1CCC(CC2CCC(CC3CCC(CCC)CC3)CC2)CC1.C=C(CO)C(=O)OCCC1CCC(CC2CCC(CCC)CC2)CC1. The van der Waals surface area contributed by atoms with E-state index in [0.29, 0.717) is 37.6 Å². The number of hydrogen-bond acceptors (Lipinski definition) is 9. The van der Waals surface area contributed by atoms with Crippen LogP contribution in [0.3, 0.4) is 0 Å². The van der Waals surface area contributed by atoms with Crippen LogP contribution in [-0.4, -0.2) is 72.9 Å². The molecule has 0 spiro atoms. The van der Waals surface area contributed by atoms with E-state index in [1.165, 1.54) is 295 Å². The fraction of sp³-hybridized carbons (Fsp3) is 0.906. The van der Waals surface area contributed by atoms with E-state index in [1.54, 1.807) is 12.8 Å². The molecule has 9 fully saturated rings. The summed E-state index contributed by atoms with van der Waals surface area (Å²) < 4.78 is 15.7. The van der Waals surface area contributed by atoms with Gasteiger partial charge in [-0.2, -0.15) is 0 Å². The summed E-state index contributed by atoms with van der Waals surface area (Å²) in [6.07, 6.45) is 72.5. The average molecular weight is 1480 g/mol. The molecule has 9 nitrogen and oxygen atoms in total. The van der Waals surface area contributed by atoms with E-state index in [0.717, 1.165) is 108 Å². The van der Waals surface area contributed by atoms with Gasteiger partial charge in [0.2, 0.25) is 0 Å². The Kier molecular flexibility index (Phi) is 62.1. The highest BCUT2D eigenvalue weighted by Crippen LogP contribution is 2.47. The van der Waals surface area contributed by atoms with Crippen LogP contribution in [-0.2, 0) is 28.6 Å². The average Bonchev–Trinajstić information content (AvgIpc) is 0.869. The van der Waals surface area contributed by atoms with Gasteiger partial charge in [-0.1, -0.05) is 377 Å². The molecule has 0 heterocycles.